The Kier molecular flexibility index (Phi) is 6.47. The van der Waals surface area contributed by atoms with Crippen LogP contribution in [-0.4, -0.2) is 35.5 Å². The third-order valence-electron chi connectivity index (χ3n) is 4.31. The summed E-state index contributed by atoms with van der Waals surface area (Å²) >= 11 is 0. The fourth-order valence-electron chi connectivity index (χ4n) is 2.54. The van der Waals surface area contributed by atoms with E-state index in [0.29, 0.717) is 18.1 Å². The van der Waals surface area contributed by atoms with Gasteiger partial charge >= 0.3 is 12.1 Å². The van der Waals surface area contributed by atoms with Gasteiger partial charge in [-0.25, -0.2) is 4.79 Å². The summed E-state index contributed by atoms with van der Waals surface area (Å²) in [5, 5.41) is 16.2. The Morgan fingerprint density at radius 2 is 1.96 bits per heavy atom. The van der Waals surface area contributed by atoms with E-state index in [1.54, 1.807) is 0 Å². The minimum Gasteiger partial charge on any atom is -0.454 e. The first kappa shape index (κ1) is 21.5. The number of anilines is 1. The van der Waals surface area contributed by atoms with Crippen molar-refractivity contribution in [1.29, 1.82) is 0 Å². The number of carbonyl (C=O) groups is 2. The van der Waals surface area contributed by atoms with Crippen molar-refractivity contribution < 1.29 is 32.4 Å². The molecule has 154 valence electrons. The number of nitrogens with one attached hydrogen (secondary N) is 2. The Bertz CT molecular complexity index is 765. The van der Waals surface area contributed by atoms with Gasteiger partial charge in [-0.3, -0.25) is 14.9 Å². The molecule has 1 saturated carbocycles. The van der Waals surface area contributed by atoms with Crippen LogP contribution in [0.1, 0.15) is 32.3 Å². The molecule has 1 aliphatic rings. The molecule has 2 rings (SSSR count). The van der Waals surface area contributed by atoms with Crippen molar-refractivity contribution in [2.75, 3.05) is 11.9 Å². The Balaban J connectivity index is 1.95. The van der Waals surface area contributed by atoms with E-state index in [0.717, 1.165) is 18.9 Å². The predicted octanol–water partition coefficient (Wildman–Crippen LogP) is 2.87. The SMILES string of the molecule is C[C@H](Nc1ccc(C(F)(F)F)cc1[N+](=O)[O-])C(=O)OCC(=O)N[C@H](C)C1CC1. The molecule has 0 radical (unpaired) electrons. The monoisotopic (exact) mass is 403 g/mol. The summed E-state index contributed by atoms with van der Waals surface area (Å²) in [7, 11) is 0. The van der Waals surface area contributed by atoms with E-state index in [9.17, 15) is 32.9 Å². The highest BCUT2D eigenvalue weighted by atomic mass is 19.4. The summed E-state index contributed by atoms with van der Waals surface area (Å²) in [5.41, 5.74) is -2.28. The first-order chi connectivity index (χ1) is 13.0. The molecule has 8 nitrogen and oxygen atoms in total. The van der Waals surface area contributed by atoms with Gasteiger partial charge in [0, 0.05) is 12.1 Å². The zero-order chi connectivity index (χ0) is 21.1. The van der Waals surface area contributed by atoms with Gasteiger partial charge in [0.05, 0.1) is 10.5 Å². The van der Waals surface area contributed by atoms with Gasteiger partial charge < -0.3 is 15.4 Å². The molecule has 1 amide bonds. The minimum atomic E-state index is -4.74. The van der Waals surface area contributed by atoms with Crippen LogP contribution in [0.3, 0.4) is 0 Å². The number of carbonyl (C=O) groups excluding carboxylic acids is 2. The van der Waals surface area contributed by atoms with Gasteiger partial charge in [0.25, 0.3) is 11.6 Å². The van der Waals surface area contributed by atoms with E-state index in [4.69, 9.17) is 4.74 Å². The molecular weight excluding hydrogens is 383 g/mol. The number of alkyl halides is 3. The predicted molar refractivity (Wildman–Crippen MR) is 92.5 cm³/mol. The normalized spacial score (nSPS) is 16.0. The first-order valence-electron chi connectivity index (χ1n) is 8.57. The number of rotatable bonds is 8. The van der Waals surface area contributed by atoms with E-state index in [2.05, 4.69) is 10.6 Å². The number of halogens is 3. The fraction of sp³-hybridized carbons (Fsp3) is 0.529. The molecule has 0 spiro atoms. The zero-order valence-electron chi connectivity index (χ0n) is 15.2. The Morgan fingerprint density at radius 1 is 1.32 bits per heavy atom. The number of benzene rings is 1. The van der Waals surface area contributed by atoms with Gasteiger partial charge in [0.2, 0.25) is 0 Å². The molecule has 28 heavy (non-hydrogen) atoms. The van der Waals surface area contributed by atoms with Crippen LogP contribution in [-0.2, 0) is 20.5 Å². The quantitative estimate of drug-likeness (QED) is 0.392. The van der Waals surface area contributed by atoms with Gasteiger partial charge in [0.1, 0.15) is 11.7 Å². The second-order valence-electron chi connectivity index (χ2n) is 6.65. The van der Waals surface area contributed by atoms with Gasteiger partial charge in [-0.15, -0.1) is 0 Å². The van der Waals surface area contributed by atoms with Crippen LogP contribution in [0.4, 0.5) is 24.5 Å². The maximum atomic E-state index is 12.7. The highest BCUT2D eigenvalue weighted by Gasteiger charge is 2.33. The number of nitrogens with zero attached hydrogens (tertiary/aromatic N) is 1. The average molecular weight is 403 g/mol. The highest BCUT2D eigenvalue weighted by Crippen LogP contribution is 2.35. The summed E-state index contributed by atoms with van der Waals surface area (Å²) in [6, 6.07) is 0.780. The largest absolute Gasteiger partial charge is 0.454 e. The molecular formula is C17H20F3N3O5. The molecule has 1 aliphatic carbocycles. The summed E-state index contributed by atoms with van der Waals surface area (Å²) in [6.45, 7) is 2.65. The number of esters is 1. The van der Waals surface area contributed by atoms with Gasteiger partial charge in [-0.05, 0) is 44.7 Å². The van der Waals surface area contributed by atoms with Crippen molar-refractivity contribution in [2.24, 2.45) is 5.92 Å². The zero-order valence-corrected chi connectivity index (χ0v) is 15.2. The maximum absolute atomic E-state index is 12.7. The topological polar surface area (TPSA) is 111 Å². The first-order valence-corrected chi connectivity index (χ1v) is 8.57. The molecule has 2 atom stereocenters. The number of nitro groups is 1. The second kappa shape index (κ2) is 8.44. The maximum Gasteiger partial charge on any atom is 0.416 e. The Hall–Kier alpha value is -2.85. The van der Waals surface area contributed by atoms with E-state index >= 15 is 0 Å². The molecule has 0 heterocycles. The van der Waals surface area contributed by atoms with Crippen molar-refractivity contribution in [3.05, 3.63) is 33.9 Å². The van der Waals surface area contributed by atoms with Crippen LogP contribution in [0.15, 0.2) is 18.2 Å². The average Bonchev–Trinajstić information content (AvgIpc) is 3.43. The molecule has 1 aromatic rings. The lowest BCUT2D eigenvalue weighted by Gasteiger charge is -2.16. The summed E-state index contributed by atoms with van der Waals surface area (Å²) in [6.07, 6.45) is -2.67. The molecule has 0 aliphatic heterocycles. The van der Waals surface area contributed by atoms with Gasteiger partial charge in [0.15, 0.2) is 6.61 Å². The molecule has 0 bridgehead atoms. The van der Waals surface area contributed by atoms with Crippen LogP contribution in [0.25, 0.3) is 0 Å². The molecule has 1 fully saturated rings. The van der Waals surface area contributed by atoms with Crippen molar-refractivity contribution in [2.45, 2.75) is 44.9 Å². The molecule has 0 unspecified atom stereocenters. The lowest BCUT2D eigenvalue weighted by atomic mass is 10.1. The molecule has 1 aromatic carbocycles. The number of amides is 1. The van der Waals surface area contributed by atoms with Crippen LogP contribution in [0.5, 0.6) is 0 Å². The van der Waals surface area contributed by atoms with Crippen LogP contribution in [0, 0.1) is 16.0 Å². The highest BCUT2D eigenvalue weighted by molar-refractivity contribution is 5.84. The smallest absolute Gasteiger partial charge is 0.416 e. The third-order valence-corrected chi connectivity index (χ3v) is 4.31. The van der Waals surface area contributed by atoms with Gasteiger partial charge in [-0.2, -0.15) is 13.2 Å². The molecule has 2 N–H and O–H groups in total. The Morgan fingerprint density at radius 3 is 2.50 bits per heavy atom. The van der Waals surface area contributed by atoms with Crippen molar-refractivity contribution >= 4 is 23.3 Å². The number of ether oxygens (including phenoxy) is 1. The van der Waals surface area contributed by atoms with Crippen LogP contribution in [0.2, 0.25) is 0 Å². The van der Waals surface area contributed by atoms with Gasteiger partial charge in [-0.1, -0.05) is 0 Å². The summed E-state index contributed by atoms with van der Waals surface area (Å²) in [4.78, 5) is 33.8. The number of hydrogen-bond donors (Lipinski definition) is 2. The second-order valence-corrected chi connectivity index (χ2v) is 6.65. The van der Waals surface area contributed by atoms with E-state index in [1.165, 1.54) is 6.92 Å². The summed E-state index contributed by atoms with van der Waals surface area (Å²) in [5.74, 6) is -0.913. The molecule has 11 heteroatoms. The van der Waals surface area contributed by atoms with Crippen LogP contribution < -0.4 is 10.6 Å². The Labute approximate surface area is 158 Å². The van der Waals surface area contributed by atoms with E-state index in [1.807, 2.05) is 6.92 Å². The number of nitro benzene ring substituents is 1. The van der Waals surface area contributed by atoms with Crippen LogP contribution >= 0.6 is 0 Å². The standard InChI is InChI=1S/C17H20F3N3O5/c1-9(11-3-4-11)22-15(24)8-28-16(25)10(2)21-13-6-5-12(17(18,19)20)7-14(13)23(26)27/h5-7,9-11,21H,3-4,8H2,1-2H3,(H,22,24)/t9-,10+/m1/s1. The van der Waals surface area contributed by atoms with E-state index < -0.39 is 46.9 Å². The number of hydrogen-bond acceptors (Lipinski definition) is 6. The minimum absolute atomic E-state index is 0.0171. The van der Waals surface area contributed by atoms with Crippen molar-refractivity contribution in [3.63, 3.8) is 0 Å². The van der Waals surface area contributed by atoms with Crippen molar-refractivity contribution in [3.8, 4) is 0 Å². The lowest BCUT2D eigenvalue weighted by molar-refractivity contribution is -0.384. The molecule has 0 aromatic heterocycles. The lowest BCUT2D eigenvalue weighted by Crippen LogP contribution is -2.38. The fourth-order valence-corrected chi connectivity index (χ4v) is 2.54. The summed E-state index contributed by atoms with van der Waals surface area (Å²) < 4.78 is 43.0. The molecule has 0 saturated heterocycles. The van der Waals surface area contributed by atoms with E-state index in [-0.39, 0.29) is 11.7 Å². The van der Waals surface area contributed by atoms with Crippen molar-refractivity contribution in [1.82, 2.24) is 5.32 Å². The third kappa shape index (κ3) is 5.83.